The highest BCUT2D eigenvalue weighted by Gasteiger charge is 2.34. The van der Waals surface area contributed by atoms with Gasteiger partial charge >= 0.3 is 5.97 Å². The zero-order valence-electron chi connectivity index (χ0n) is 18.2. The number of carboxylic acid groups (broad SMARTS) is 1. The number of carbonyl (C=O) groups excluding carboxylic acids is 1. The van der Waals surface area contributed by atoms with Crippen molar-refractivity contribution in [3.63, 3.8) is 0 Å². The Kier molecular flexibility index (Phi) is 22.5. The van der Waals surface area contributed by atoms with E-state index in [0.717, 1.165) is 0 Å². The van der Waals surface area contributed by atoms with Gasteiger partial charge in [0.25, 0.3) is 0 Å². The van der Waals surface area contributed by atoms with E-state index >= 15 is 0 Å². The van der Waals surface area contributed by atoms with Gasteiger partial charge < -0.3 is 86.5 Å². The van der Waals surface area contributed by atoms with Crippen LogP contribution in [0, 0.1) is 0 Å². The SMILES string of the molecule is O=CC(O)C(O)C(O)C(O)C(=O)O.OCC(O)C(O)C(O)C(O)CO.OCC(O)C(O)C(O)CO. The van der Waals surface area contributed by atoms with Gasteiger partial charge in [-0.15, -0.1) is 0 Å². The number of rotatable bonds is 14. The van der Waals surface area contributed by atoms with Crippen LogP contribution in [0.2, 0.25) is 0 Å². The second-order valence-corrected chi connectivity index (χ2v) is 6.86. The molecule has 18 nitrogen and oxygen atoms in total. The van der Waals surface area contributed by atoms with Gasteiger partial charge in [0.15, 0.2) is 12.4 Å². The molecule has 0 saturated heterocycles. The molecule has 0 amide bonds. The van der Waals surface area contributed by atoms with Crippen molar-refractivity contribution in [3.05, 3.63) is 0 Å². The largest absolute Gasteiger partial charge is 0.479 e. The van der Waals surface area contributed by atoms with E-state index in [2.05, 4.69) is 0 Å². The van der Waals surface area contributed by atoms with Crippen LogP contribution in [0.15, 0.2) is 0 Å². The van der Waals surface area contributed by atoms with Gasteiger partial charge in [0.2, 0.25) is 0 Å². The summed E-state index contributed by atoms with van der Waals surface area (Å²) in [4.78, 5) is 20.0. The Labute approximate surface area is 198 Å². The number of aldehydes is 1. The van der Waals surface area contributed by atoms with Crippen molar-refractivity contribution in [3.8, 4) is 0 Å². The summed E-state index contributed by atoms with van der Waals surface area (Å²) >= 11 is 0. The summed E-state index contributed by atoms with van der Waals surface area (Å²) < 4.78 is 0. The van der Waals surface area contributed by atoms with Gasteiger partial charge in [-0.05, 0) is 0 Å². The Morgan fingerprint density at radius 2 is 0.800 bits per heavy atom. The van der Waals surface area contributed by atoms with Crippen LogP contribution >= 0.6 is 0 Å². The van der Waals surface area contributed by atoms with Gasteiger partial charge in [-0.3, -0.25) is 0 Å². The first-order valence-electron chi connectivity index (χ1n) is 9.69. The molecule has 0 aliphatic rings. The summed E-state index contributed by atoms with van der Waals surface area (Å²) in [7, 11) is 0. The minimum absolute atomic E-state index is 0.0809. The minimum Gasteiger partial charge on any atom is -0.479 e. The second-order valence-electron chi connectivity index (χ2n) is 6.86. The second kappa shape index (κ2) is 20.7. The zero-order valence-corrected chi connectivity index (χ0v) is 18.2. The van der Waals surface area contributed by atoms with Crippen molar-refractivity contribution < 1.29 is 91.3 Å². The molecule has 0 heterocycles. The number of carboxylic acids is 1. The lowest BCUT2D eigenvalue weighted by atomic mass is 10.0. The van der Waals surface area contributed by atoms with Crippen LogP contribution in [0.25, 0.3) is 0 Å². The summed E-state index contributed by atoms with van der Waals surface area (Å²) in [6.45, 7) is -2.73. The fourth-order valence-electron chi connectivity index (χ4n) is 1.76. The van der Waals surface area contributed by atoms with Crippen LogP contribution in [-0.2, 0) is 9.59 Å². The Morgan fingerprint density at radius 3 is 1.03 bits per heavy atom. The first-order chi connectivity index (χ1) is 16.1. The number of aliphatic carboxylic acids is 1. The summed E-state index contributed by atoms with van der Waals surface area (Å²) in [5.74, 6) is -1.76. The van der Waals surface area contributed by atoms with Crippen LogP contribution in [-0.4, -0.2) is 188 Å². The third-order valence-corrected chi connectivity index (χ3v) is 4.09. The fraction of sp³-hybridized carbons (Fsp3) is 0.882. The average molecular weight is 528 g/mol. The minimum atomic E-state index is -2.25. The molecule has 0 fully saturated rings. The van der Waals surface area contributed by atoms with Crippen molar-refractivity contribution >= 4 is 12.3 Å². The maximum Gasteiger partial charge on any atom is 0.335 e. The van der Waals surface area contributed by atoms with Gasteiger partial charge in [-0.1, -0.05) is 0 Å². The molecule has 16 N–H and O–H groups in total. The van der Waals surface area contributed by atoms with Crippen molar-refractivity contribution in [1.29, 1.82) is 0 Å². The van der Waals surface area contributed by atoms with E-state index in [0.29, 0.717) is 0 Å². The van der Waals surface area contributed by atoms with E-state index in [9.17, 15) is 9.59 Å². The molecule has 0 bridgehead atoms. The number of aliphatic hydroxyl groups is 15. The molecule has 10 unspecified atom stereocenters. The van der Waals surface area contributed by atoms with E-state index in [4.69, 9.17) is 81.7 Å². The molecule has 0 aromatic rings. The Balaban J connectivity index is -0.000000443. The van der Waals surface area contributed by atoms with Gasteiger partial charge in [-0.2, -0.15) is 0 Å². The zero-order chi connectivity index (χ0) is 28.5. The molecule has 0 saturated carbocycles. The van der Waals surface area contributed by atoms with Crippen molar-refractivity contribution in [2.45, 2.75) is 67.1 Å². The smallest absolute Gasteiger partial charge is 0.335 e. The summed E-state index contributed by atoms with van der Waals surface area (Å²) in [6.07, 6.45) is -19.1. The van der Waals surface area contributed by atoms with E-state index in [1.807, 2.05) is 0 Å². The Morgan fingerprint density at radius 1 is 0.514 bits per heavy atom. The van der Waals surface area contributed by atoms with Crippen molar-refractivity contribution in [2.75, 3.05) is 26.4 Å². The van der Waals surface area contributed by atoms with Crippen LogP contribution in [0.4, 0.5) is 0 Å². The van der Waals surface area contributed by atoms with Gasteiger partial charge in [0.05, 0.1) is 26.4 Å². The van der Waals surface area contributed by atoms with Crippen LogP contribution in [0.1, 0.15) is 0 Å². The summed E-state index contributed by atoms with van der Waals surface area (Å²) in [5, 5.41) is 138. The fourth-order valence-corrected chi connectivity index (χ4v) is 1.76. The lowest BCUT2D eigenvalue weighted by Crippen LogP contribution is -2.48. The third-order valence-electron chi connectivity index (χ3n) is 4.09. The average Bonchev–Trinajstić information content (AvgIpc) is 2.88. The van der Waals surface area contributed by atoms with Crippen LogP contribution < -0.4 is 0 Å². The topological polar surface area (TPSA) is 358 Å². The summed E-state index contributed by atoms with van der Waals surface area (Å²) in [6, 6.07) is 0. The molecule has 0 rings (SSSR count). The highest BCUT2D eigenvalue weighted by atomic mass is 16.4. The lowest BCUT2D eigenvalue weighted by molar-refractivity contribution is -0.163. The van der Waals surface area contributed by atoms with Crippen molar-refractivity contribution in [2.24, 2.45) is 0 Å². The van der Waals surface area contributed by atoms with E-state index in [-0.39, 0.29) is 6.29 Å². The maximum absolute atomic E-state index is 10.1. The number of hydrogen-bond donors (Lipinski definition) is 16. The highest BCUT2D eigenvalue weighted by molar-refractivity contribution is 5.73. The van der Waals surface area contributed by atoms with E-state index < -0.39 is 99.5 Å². The molecular weight excluding hydrogens is 492 g/mol. The first-order valence-corrected chi connectivity index (χ1v) is 9.69. The molecule has 0 aliphatic carbocycles. The summed E-state index contributed by atoms with van der Waals surface area (Å²) in [5.41, 5.74) is 0. The Hall–Kier alpha value is -1.46. The maximum atomic E-state index is 10.1. The molecule has 212 valence electrons. The third kappa shape index (κ3) is 15.3. The highest BCUT2D eigenvalue weighted by Crippen LogP contribution is 2.05. The predicted octanol–water partition coefficient (Wildman–Crippen LogP) is -9.82. The quantitative estimate of drug-likeness (QED) is 0.0929. The standard InChI is InChI=1S/C6H10O7.C6H14O6.C5H12O5/c7-1-2(8)3(9)4(10)5(11)6(12)13;7-1-3(9)5(11)6(12)4(10)2-8;6-1-3(8)5(10)4(9)2-7/h1-5,8-11H,(H,12,13);3-12H,1-2H2;3-10H,1-2H2. The number of hydrogen-bond acceptors (Lipinski definition) is 17. The lowest BCUT2D eigenvalue weighted by Gasteiger charge is -2.24. The first kappa shape index (κ1) is 38.1. The predicted molar refractivity (Wildman–Crippen MR) is 108 cm³/mol. The Bertz CT molecular complexity index is 513. The normalized spacial score (nSPS) is 20.5. The number of carbonyl (C=O) groups is 2. The molecule has 18 heteroatoms. The molecule has 0 spiro atoms. The van der Waals surface area contributed by atoms with Crippen LogP contribution in [0.3, 0.4) is 0 Å². The van der Waals surface area contributed by atoms with E-state index in [1.54, 1.807) is 0 Å². The van der Waals surface area contributed by atoms with E-state index in [1.165, 1.54) is 0 Å². The molecule has 0 aromatic carbocycles. The molecule has 0 radical (unpaired) electrons. The van der Waals surface area contributed by atoms with Gasteiger partial charge in [0.1, 0.15) is 61.0 Å². The molecular formula is C17H36O18. The van der Waals surface area contributed by atoms with Gasteiger partial charge in [0, 0.05) is 0 Å². The monoisotopic (exact) mass is 528 g/mol. The van der Waals surface area contributed by atoms with Crippen molar-refractivity contribution in [1.82, 2.24) is 0 Å². The van der Waals surface area contributed by atoms with Gasteiger partial charge in [-0.25, -0.2) is 4.79 Å². The molecule has 35 heavy (non-hydrogen) atoms. The number of aliphatic hydroxyl groups excluding tert-OH is 15. The molecule has 0 aliphatic heterocycles. The van der Waals surface area contributed by atoms with Crippen LogP contribution in [0.5, 0.6) is 0 Å². The molecule has 10 atom stereocenters. The molecule has 0 aromatic heterocycles.